The molecular weight excluding hydrogens is 220 g/mol. The number of nitrogens with one attached hydrogen (secondary N) is 2. The summed E-state index contributed by atoms with van der Waals surface area (Å²) in [7, 11) is 0. The molecule has 0 heterocycles. The zero-order chi connectivity index (χ0) is 12.5. The number of nitrogens with two attached hydrogens (primary N) is 1. The number of rotatable bonds is 4. The number of esters is 1. The van der Waals surface area contributed by atoms with E-state index in [9.17, 15) is 4.79 Å². The summed E-state index contributed by atoms with van der Waals surface area (Å²) < 4.78 is 4.58. The minimum absolute atomic E-state index is 0.336. The number of hydrogen-bond acceptors (Lipinski definition) is 4. The highest BCUT2D eigenvalue weighted by molar-refractivity contribution is 5.91. The summed E-state index contributed by atoms with van der Waals surface area (Å²) in [6.45, 7) is 0. The third kappa shape index (κ3) is 5.73. The maximum Gasteiger partial charge on any atom is 0.337 e. The van der Waals surface area contributed by atoms with Crippen LogP contribution >= 0.6 is 0 Å². The Labute approximate surface area is 98.3 Å². The van der Waals surface area contributed by atoms with Gasteiger partial charge in [0, 0.05) is 6.08 Å². The van der Waals surface area contributed by atoms with Gasteiger partial charge in [0.2, 0.25) is 12.4 Å². The quantitative estimate of drug-likeness (QED) is 0.233. The molecular formula is C11H12N4O2. The van der Waals surface area contributed by atoms with E-state index in [4.69, 9.17) is 11.1 Å². The lowest BCUT2D eigenvalue weighted by atomic mass is 10.2. The zero-order valence-electron chi connectivity index (χ0n) is 8.96. The molecule has 0 aliphatic rings. The summed E-state index contributed by atoms with van der Waals surface area (Å²) in [4.78, 5) is 11.1. The SMILES string of the molecule is N=C(N)NN=COC(=O)C=Cc1ccccc1. The van der Waals surface area contributed by atoms with Crippen molar-refractivity contribution in [2.45, 2.75) is 0 Å². The van der Waals surface area contributed by atoms with E-state index in [1.807, 2.05) is 30.3 Å². The van der Waals surface area contributed by atoms with E-state index in [1.54, 1.807) is 6.08 Å². The molecule has 0 fully saturated rings. The fourth-order valence-electron chi connectivity index (χ4n) is 0.942. The van der Waals surface area contributed by atoms with Gasteiger partial charge in [-0.25, -0.2) is 10.2 Å². The van der Waals surface area contributed by atoms with Crippen molar-refractivity contribution in [3.05, 3.63) is 42.0 Å². The van der Waals surface area contributed by atoms with Crippen LogP contribution in [0.2, 0.25) is 0 Å². The average molecular weight is 232 g/mol. The molecule has 0 radical (unpaired) electrons. The Morgan fingerprint density at radius 2 is 2.12 bits per heavy atom. The Morgan fingerprint density at radius 3 is 2.76 bits per heavy atom. The van der Waals surface area contributed by atoms with E-state index >= 15 is 0 Å². The van der Waals surface area contributed by atoms with Crippen molar-refractivity contribution >= 4 is 24.4 Å². The van der Waals surface area contributed by atoms with E-state index in [-0.39, 0.29) is 5.96 Å². The molecule has 0 unspecified atom stereocenters. The number of ether oxygens (including phenoxy) is 1. The Bertz CT molecular complexity index is 440. The predicted octanol–water partition coefficient (Wildman–Crippen LogP) is 0.669. The smallest absolute Gasteiger partial charge is 0.337 e. The molecule has 0 aliphatic carbocycles. The first-order chi connectivity index (χ1) is 8.18. The van der Waals surface area contributed by atoms with Crippen molar-refractivity contribution in [2.75, 3.05) is 0 Å². The van der Waals surface area contributed by atoms with E-state index < -0.39 is 5.97 Å². The van der Waals surface area contributed by atoms with Gasteiger partial charge in [-0.2, -0.15) is 0 Å². The Hall–Kier alpha value is -2.63. The number of benzene rings is 1. The van der Waals surface area contributed by atoms with E-state index in [1.165, 1.54) is 6.08 Å². The topological polar surface area (TPSA) is 101 Å². The summed E-state index contributed by atoms with van der Waals surface area (Å²) >= 11 is 0. The molecule has 0 bridgehead atoms. The Balaban J connectivity index is 2.37. The second-order valence-corrected chi connectivity index (χ2v) is 2.94. The van der Waals surface area contributed by atoms with Crippen molar-refractivity contribution in [1.29, 1.82) is 5.41 Å². The van der Waals surface area contributed by atoms with Crippen LogP contribution in [-0.2, 0) is 9.53 Å². The molecule has 0 amide bonds. The van der Waals surface area contributed by atoms with Gasteiger partial charge in [0.1, 0.15) is 0 Å². The molecule has 1 rings (SSSR count). The first kappa shape index (κ1) is 12.4. The minimum atomic E-state index is -0.567. The third-order valence-electron chi connectivity index (χ3n) is 1.62. The van der Waals surface area contributed by atoms with Crippen molar-refractivity contribution in [1.82, 2.24) is 5.43 Å². The highest BCUT2D eigenvalue weighted by atomic mass is 16.5. The summed E-state index contributed by atoms with van der Waals surface area (Å²) in [5.41, 5.74) is 7.94. The summed E-state index contributed by atoms with van der Waals surface area (Å²) in [6, 6.07) is 9.33. The fraction of sp³-hybridized carbons (Fsp3) is 0. The van der Waals surface area contributed by atoms with E-state index in [2.05, 4.69) is 15.3 Å². The third-order valence-corrected chi connectivity index (χ3v) is 1.62. The first-order valence-electron chi connectivity index (χ1n) is 4.74. The molecule has 0 saturated heterocycles. The summed E-state index contributed by atoms with van der Waals surface area (Å²) in [6.07, 6.45) is 3.77. The van der Waals surface area contributed by atoms with Crippen molar-refractivity contribution in [3.63, 3.8) is 0 Å². The van der Waals surface area contributed by atoms with Gasteiger partial charge in [-0.1, -0.05) is 30.3 Å². The molecule has 0 saturated carbocycles. The zero-order valence-corrected chi connectivity index (χ0v) is 8.96. The van der Waals surface area contributed by atoms with Crippen molar-refractivity contribution < 1.29 is 9.53 Å². The maximum atomic E-state index is 11.1. The maximum absolute atomic E-state index is 11.1. The molecule has 6 heteroatoms. The molecule has 0 atom stereocenters. The van der Waals surface area contributed by atoms with Crippen LogP contribution in [0.4, 0.5) is 0 Å². The van der Waals surface area contributed by atoms with Crippen LogP contribution in [0.15, 0.2) is 41.5 Å². The lowest BCUT2D eigenvalue weighted by molar-refractivity contribution is -0.129. The van der Waals surface area contributed by atoms with Crippen LogP contribution in [0.3, 0.4) is 0 Å². The van der Waals surface area contributed by atoms with Gasteiger partial charge in [0.15, 0.2) is 0 Å². The summed E-state index contributed by atoms with van der Waals surface area (Å²) in [5.74, 6) is -0.903. The number of carbonyl (C=O) groups excluding carboxylic acids is 1. The number of hydrazone groups is 1. The molecule has 17 heavy (non-hydrogen) atoms. The fourth-order valence-corrected chi connectivity index (χ4v) is 0.942. The van der Waals surface area contributed by atoms with Gasteiger partial charge in [0.05, 0.1) is 0 Å². The molecule has 6 nitrogen and oxygen atoms in total. The highest BCUT2D eigenvalue weighted by Gasteiger charge is 1.93. The van der Waals surface area contributed by atoms with Gasteiger partial charge >= 0.3 is 5.97 Å². The predicted molar refractivity (Wildman–Crippen MR) is 65.1 cm³/mol. The van der Waals surface area contributed by atoms with Crippen molar-refractivity contribution in [3.8, 4) is 0 Å². The normalized spacial score (nSPS) is 10.6. The standard InChI is InChI=1S/C11H12N4O2/c12-11(13)15-14-8-17-10(16)7-6-9-4-2-1-3-5-9/h1-8H,(H4,12,13,15). The minimum Gasteiger partial charge on any atom is -0.410 e. The Morgan fingerprint density at radius 1 is 1.41 bits per heavy atom. The number of guanidine groups is 1. The van der Waals surface area contributed by atoms with Gasteiger partial charge < -0.3 is 10.5 Å². The van der Waals surface area contributed by atoms with Crippen LogP contribution in [-0.4, -0.2) is 18.3 Å². The highest BCUT2D eigenvalue weighted by Crippen LogP contribution is 2.00. The van der Waals surface area contributed by atoms with E-state index in [0.29, 0.717) is 0 Å². The molecule has 0 aliphatic heterocycles. The Kier molecular flexibility index (Phi) is 4.96. The van der Waals surface area contributed by atoms with Crippen LogP contribution in [0.1, 0.15) is 5.56 Å². The van der Waals surface area contributed by atoms with Gasteiger partial charge in [-0.05, 0) is 11.6 Å². The summed E-state index contributed by atoms with van der Waals surface area (Å²) in [5, 5.41) is 10.1. The molecule has 88 valence electrons. The second kappa shape index (κ2) is 6.78. The number of nitrogens with zero attached hydrogens (tertiary/aromatic N) is 1. The lowest BCUT2D eigenvalue weighted by Crippen LogP contribution is -2.25. The van der Waals surface area contributed by atoms with E-state index in [0.717, 1.165) is 12.0 Å². The van der Waals surface area contributed by atoms with Gasteiger partial charge in [0.25, 0.3) is 0 Å². The lowest BCUT2D eigenvalue weighted by Gasteiger charge is -1.94. The molecule has 4 N–H and O–H groups in total. The monoisotopic (exact) mass is 232 g/mol. The second-order valence-electron chi connectivity index (χ2n) is 2.94. The van der Waals surface area contributed by atoms with Crippen LogP contribution in [0, 0.1) is 5.41 Å². The van der Waals surface area contributed by atoms with Gasteiger partial charge in [-0.3, -0.25) is 5.41 Å². The average Bonchev–Trinajstić information content (AvgIpc) is 2.33. The van der Waals surface area contributed by atoms with Crippen LogP contribution in [0.5, 0.6) is 0 Å². The van der Waals surface area contributed by atoms with Crippen LogP contribution < -0.4 is 11.2 Å². The number of hydrogen-bond donors (Lipinski definition) is 3. The van der Waals surface area contributed by atoms with Crippen molar-refractivity contribution in [2.24, 2.45) is 10.8 Å². The molecule has 0 spiro atoms. The molecule has 0 aromatic heterocycles. The molecule has 1 aromatic carbocycles. The van der Waals surface area contributed by atoms with Crippen LogP contribution in [0.25, 0.3) is 6.08 Å². The molecule has 1 aromatic rings. The largest absolute Gasteiger partial charge is 0.410 e. The first-order valence-corrected chi connectivity index (χ1v) is 4.74. The number of carbonyl (C=O) groups is 1. The van der Waals surface area contributed by atoms with Gasteiger partial charge in [-0.15, -0.1) is 5.10 Å².